The number of hydrogen-bond donors (Lipinski definition) is 1. The van der Waals surface area contributed by atoms with Crippen molar-refractivity contribution in [3.05, 3.63) is 33.9 Å². The van der Waals surface area contributed by atoms with Crippen LogP contribution in [0.3, 0.4) is 0 Å². The van der Waals surface area contributed by atoms with Crippen molar-refractivity contribution in [2.75, 3.05) is 5.75 Å². The van der Waals surface area contributed by atoms with E-state index in [9.17, 15) is 10.1 Å². The molecule has 0 saturated carbocycles. The lowest BCUT2D eigenvalue weighted by Gasteiger charge is -2.15. The number of hydrogen-bond acceptors (Lipinski definition) is 4. The van der Waals surface area contributed by atoms with Gasteiger partial charge in [0.2, 0.25) is 0 Å². The maximum absolute atomic E-state index is 10.6. The maximum Gasteiger partial charge on any atom is 0.269 e. The quantitative estimate of drug-likeness (QED) is 0.659. The second-order valence-corrected chi connectivity index (χ2v) is 5.91. The van der Waals surface area contributed by atoms with E-state index in [1.807, 2.05) is 6.92 Å². The van der Waals surface area contributed by atoms with Crippen LogP contribution in [-0.2, 0) is 0 Å². The number of non-ortho nitro benzene ring substituents is 1. The molecule has 0 aromatic heterocycles. The lowest BCUT2D eigenvalue weighted by Crippen LogP contribution is -2.36. The van der Waals surface area contributed by atoms with Gasteiger partial charge in [-0.1, -0.05) is 11.8 Å². The predicted octanol–water partition coefficient (Wildman–Crippen LogP) is 3.01. The minimum atomic E-state index is -0.393. The van der Waals surface area contributed by atoms with Gasteiger partial charge in [-0.2, -0.15) is 0 Å². The Morgan fingerprint density at radius 1 is 1.50 bits per heavy atom. The number of aryl methyl sites for hydroxylation is 1. The van der Waals surface area contributed by atoms with Gasteiger partial charge >= 0.3 is 0 Å². The van der Waals surface area contributed by atoms with Crippen molar-refractivity contribution < 1.29 is 4.92 Å². The van der Waals surface area contributed by atoms with Crippen LogP contribution < -0.4 is 5.32 Å². The topological polar surface area (TPSA) is 67.5 Å². The van der Waals surface area contributed by atoms with Gasteiger partial charge in [0.05, 0.1) is 10.6 Å². The Bertz CT molecular complexity index is 526. The standard InChI is InChI=1S/C12H15N3O2S/c1-8-6-9(15(16)17)4-5-10(8)13-11-14-12(2,3)7-18-11/h4-6H,7H2,1-3H3,(H,13,14). The molecule has 1 aliphatic heterocycles. The molecule has 0 atom stereocenters. The summed E-state index contributed by atoms with van der Waals surface area (Å²) < 4.78 is 0. The van der Waals surface area contributed by atoms with E-state index >= 15 is 0 Å². The van der Waals surface area contributed by atoms with Gasteiger partial charge in [-0.25, -0.2) is 4.99 Å². The Balaban J connectivity index is 2.25. The summed E-state index contributed by atoms with van der Waals surface area (Å²) in [4.78, 5) is 14.8. The number of benzene rings is 1. The smallest absolute Gasteiger partial charge is 0.269 e. The molecule has 1 saturated heterocycles. The summed E-state index contributed by atoms with van der Waals surface area (Å²) in [6.07, 6.45) is 0. The number of thioether (sulfide) groups is 1. The van der Waals surface area contributed by atoms with E-state index in [-0.39, 0.29) is 11.2 Å². The van der Waals surface area contributed by atoms with Crippen molar-refractivity contribution in [2.24, 2.45) is 4.99 Å². The van der Waals surface area contributed by atoms with Crippen LogP contribution in [0.5, 0.6) is 0 Å². The van der Waals surface area contributed by atoms with E-state index in [1.54, 1.807) is 23.9 Å². The molecule has 0 bridgehead atoms. The third kappa shape index (κ3) is 2.81. The maximum atomic E-state index is 10.6. The Kier molecular flexibility index (Phi) is 3.30. The third-order valence-electron chi connectivity index (χ3n) is 2.63. The first kappa shape index (κ1) is 12.9. The predicted molar refractivity (Wildman–Crippen MR) is 74.6 cm³/mol. The summed E-state index contributed by atoms with van der Waals surface area (Å²) in [6.45, 7) is 6.06. The summed E-state index contributed by atoms with van der Waals surface area (Å²) in [5.74, 6) is 0.970. The first-order valence-electron chi connectivity index (χ1n) is 5.62. The van der Waals surface area contributed by atoms with Crippen LogP contribution in [0.15, 0.2) is 23.2 Å². The normalized spacial score (nSPS) is 19.8. The monoisotopic (exact) mass is 265 g/mol. The highest BCUT2D eigenvalue weighted by atomic mass is 32.2. The van der Waals surface area contributed by atoms with Crippen LogP contribution in [0.2, 0.25) is 0 Å². The van der Waals surface area contributed by atoms with E-state index in [0.717, 1.165) is 22.2 Å². The van der Waals surface area contributed by atoms with Gasteiger partial charge in [0, 0.05) is 23.4 Å². The van der Waals surface area contributed by atoms with Crippen LogP contribution in [0.4, 0.5) is 11.4 Å². The van der Waals surface area contributed by atoms with Crippen LogP contribution in [0.25, 0.3) is 0 Å². The summed E-state index contributed by atoms with van der Waals surface area (Å²) in [5, 5.41) is 14.8. The summed E-state index contributed by atoms with van der Waals surface area (Å²) in [5.41, 5.74) is 1.74. The Labute approximate surface area is 110 Å². The van der Waals surface area contributed by atoms with Crippen LogP contribution in [0, 0.1) is 17.0 Å². The summed E-state index contributed by atoms with van der Waals surface area (Å²) >= 11 is 1.67. The molecule has 0 spiro atoms. The minimum absolute atomic E-state index is 0.0538. The first-order valence-corrected chi connectivity index (χ1v) is 6.61. The number of aliphatic imine (C=N–C) groups is 1. The second kappa shape index (κ2) is 4.61. The molecule has 0 unspecified atom stereocenters. The average Bonchev–Trinajstić information content (AvgIpc) is 2.61. The van der Waals surface area contributed by atoms with Crippen molar-refractivity contribution in [3.8, 4) is 0 Å². The number of nitrogens with zero attached hydrogens (tertiary/aromatic N) is 2. The number of rotatable bonds is 2. The largest absolute Gasteiger partial charge is 0.359 e. The highest BCUT2D eigenvalue weighted by molar-refractivity contribution is 8.14. The lowest BCUT2D eigenvalue weighted by molar-refractivity contribution is -0.384. The molecule has 0 amide bonds. The molecule has 0 aliphatic carbocycles. The average molecular weight is 265 g/mol. The van der Waals surface area contributed by atoms with Crippen molar-refractivity contribution in [1.82, 2.24) is 5.32 Å². The zero-order valence-electron chi connectivity index (χ0n) is 10.6. The molecule has 1 aliphatic rings. The van der Waals surface area contributed by atoms with E-state index in [1.165, 1.54) is 6.07 Å². The molecular formula is C12H15N3O2S. The van der Waals surface area contributed by atoms with Crippen molar-refractivity contribution in [2.45, 2.75) is 26.3 Å². The molecule has 1 fully saturated rings. The molecule has 96 valence electrons. The van der Waals surface area contributed by atoms with Crippen LogP contribution in [-0.4, -0.2) is 21.4 Å². The number of nitrogens with one attached hydrogen (secondary N) is 1. The van der Waals surface area contributed by atoms with Gasteiger partial charge in [0.15, 0.2) is 5.17 Å². The molecule has 5 nitrogen and oxygen atoms in total. The Morgan fingerprint density at radius 3 is 2.72 bits per heavy atom. The minimum Gasteiger partial charge on any atom is -0.359 e. The number of amidine groups is 1. The summed E-state index contributed by atoms with van der Waals surface area (Å²) in [7, 11) is 0. The molecule has 18 heavy (non-hydrogen) atoms. The number of nitro benzene ring substituents is 1. The zero-order chi connectivity index (χ0) is 13.3. The van der Waals surface area contributed by atoms with E-state index in [2.05, 4.69) is 24.2 Å². The van der Waals surface area contributed by atoms with E-state index < -0.39 is 4.92 Å². The summed E-state index contributed by atoms with van der Waals surface area (Å²) in [6, 6.07) is 4.72. The van der Waals surface area contributed by atoms with Gasteiger partial charge in [-0.05, 0) is 32.4 Å². The first-order chi connectivity index (χ1) is 8.37. The fourth-order valence-corrected chi connectivity index (χ4v) is 2.74. The molecule has 1 aromatic carbocycles. The molecule has 0 radical (unpaired) electrons. The van der Waals surface area contributed by atoms with Gasteiger partial charge in [-0.3, -0.25) is 10.1 Å². The second-order valence-electron chi connectivity index (χ2n) is 4.94. The molecule has 1 N–H and O–H groups in total. The zero-order valence-corrected chi connectivity index (χ0v) is 11.4. The van der Waals surface area contributed by atoms with E-state index in [4.69, 9.17) is 0 Å². The van der Waals surface area contributed by atoms with Gasteiger partial charge in [0.25, 0.3) is 5.69 Å². The van der Waals surface area contributed by atoms with Crippen LogP contribution >= 0.6 is 11.8 Å². The molecule has 6 heteroatoms. The fraction of sp³-hybridized carbons (Fsp3) is 0.417. The highest BCUT2D eigenvalue weighted by Gasteiger charge is 2.27. The van der Waals surface area contributed by atoms with Crippen LogP contribution in [0.1, 0.15) is 19.4 Å². The SMILES string of the molecule is Cc1cc([N+](=O)[O-])ccc1/N=C1/NC(C)(C)CS1. The lowest BCUT2D eigenvalue weighted by atomic mass is 10.1. The molecule has 2 rings (SSSR count). The highest BCUT2D eigenvalue weighted by Crippen LogP contribution is 2.28. The van der Waals surface area contributed by atoms with E-state index in [0.29, 0.717) is 0 Å². The third-order valence-corrected chi connectivity index (χ3v) is 3.96. The Hall–Kier alpha value is -1.56. The van der Waals surface area contributed by atoms with Gasteiger partial charge in [-0.15, -0.1) is 0 Å². The molecule has 1 aromatic rings. The molecular weight excluding hydrogens is 250 g/mol. The van der Waals surface area contributed by atoms with Crippen molar-refractivity contribution in [3.63, 3.8) is 0 Å². The van der Waals surface area contributed by atoms with Crippen molar-refractivity contribution >= 4 is 28.3 Å². The van der Waals surface area contributed by atoms with Gasteiger partial charge < -0.3 is 5.32 Å². The van der Waals surface area contributed by atoms with Crippen molar-refractivity contribution in [1.29, 1.82) is 0 Å². The van der Waals surface area contributed by atoms with Gasteiger partial charge in [0.1, 0.15) is 0 Å². The Morgan fingerprint density at radius 2 is 2.22 bits per heavy atom. The number of nitro groups is 1. The molecule has 1 heterocycles. The fourth-order valence-electron chi connectivity index (χ4n) is 1.66.